The first-order valence-electron chi connectivity index (χ1n) is 8.00. The summed E-state index contributed by atoms with van der Waals surface area (Å²) in [6.45, 7) is 5.98. The third kappa shape index (κ3) is 7.40. The van der Waals surface area contributed by atoms with Crippen LogP contribution in [-0.4, -0.2) is 31.1 Å². The van der Waals surface area contributed by atoms with Gasteiger partial charge in [-0.15, -0.1) is 0 Å². The van der Waals surface area contributed by atoms with Gasteiger partial charge in [-0.3, -0.25) is 9.69 Å². The number of nitrogens with zero attached hydrogens (tertiary/aromatic N) is 2. The third-order valence-corrected chi connectivity index (χ3v) is 3.11. The van der Waals surface area contributed by atoms with Crippen molar-refractivity contribution in [2.24, 2.45) is 0 Å². The topological polar surface area (TPSA) is 96.7 Å². The molecule has 0 unspecified atom stereocenters. The molecule has 1 aromatic rings. The monoisotopic (exact) mass is 368 g/mol. The van der Waals surface area contributed by atoms with E-state index in [0.29, 0.717) is 5.69 Å². The second-order valence-electron chi connectivity index (χ2n) is 5.31. The molecule has 0 N–H and O–H groups in total. The lowest BCUT2D eigenvalue weighted by atomic mass is 10.2. The largest absolute Gasteiger partial charge is 0.459 e. The first-order valence-corrected chi connectivity index (χ1v) is 8.00. The number of ether oxygens (including phenoxy) is 2. The maximum atomic E-state index is 11.8. The molecule has 1 amide bonds. The van der Waals surface area contributed by atoms with E-state index in [9.17, 15) is 14.4 Å². The number of carbonyl (C=O) groups excluding carboxylic acids is 3. The van der Waals surface area contributed by atoms with Crippen LogP contribution in [0.5, 0.6) is 0 Å². The first-order chi connectivity index (χ1) is 12.9. The number of anilines is 1. The number of hydrogen-bond acceptors (Lipinski definition) is 6. The molecule has 0 aliphatic carbocycles. The van der Waals surface area contributed by atoms with E-state index in [-0.39, 0.29) is 30.3 Å². The Labute approximate surface area is 157 Å². The SMILES string of the molecule is C=C(C)C(=O)OCCOC(=O)C(C#N)=CC=CN(C(C)=O)c1ccccc1. The summed E-state index contributed by atoms with van der Waals surface area (Å²) in [7, 11) is 0. The number of hydrogen-bond donors (Lipinski definition) is 0. The highest BCUT2D eigenvalue weighted by Crippen LogP contribution is 2.14. The van der Waals surface area contributed by atoms with Crippen molar-refractivity contribution < 1.29 is 23.9 Å². The highest BCUT2D eigenvalue weighted by Gasteiger charge is 2.11. The minimum absolute atomic E-state index is 0.141. The molecule has 0 radical (unpaired) electrons. The van der Waals surface area contributed by atoms with Crippen LogP contribution in [0, 0.1) is 11.3 Å². The Morgan fingerprint density at radius 3 is 2.22 bits per heavy atom. The van der Waals surface area contributed by atoms with Gasteiger partial charge in [0.05, 0.1) is 0 Å². The van der Waals surface area contributed by atoms with Crippen LogP contribution in [0.4, 0.5) is 5.69 Å². The van der Waals surface area contributed by atoms with E-state index in [2.05, 4.69) is 6.58 Å². The highest BCUT2D eigenvalue weighted by molar-refractivity contribution is 5.94. The Hall–Kier alpha value is -3.66. The van der Waals surface area contributed by atoms with Gasteiger partial charge in [0.1, 0.15) is 24.9 Å². The van der Waals surface area contributed by atoms with Crippen molar-refractivity contribution in [1.82, 2.24) is 0 Å². The Balaban J connectivity index is 2.67. The summed E-state index contributed by atoms with van der Waals surface area (Å²) >= 11 is 0. The zero-order valence-corrected chi connectivity index (χ0v) is 15.2. The Bertz CT molecular complexity index is 803. The van der Waals surface area contributed by atoms with Crippen molar-refractivity contribution in [2.75, 3.05) is 18.1 Å². The average molecular weight is 368 g/mol. The average Bonchev–Trinajstić information content (AvgIpc) is 2.65. The van der Waals surface area contributed by atoms with Gasteiger partial charge < -0.3 is 9.47 Å². The normalized spacial score (nSPS) is 10.8. The molecule has 1 aromatic carbocycles. The predicted octanol–water partition coefficient (Wildman–Crippen LogP) is 2.67. The van der Waals surface area contributed by atoms with Crippen molar-refractivity contribution in [2.45, 2.75) is 13.8 Å². The number of rotatable bonds is 8. The summed E-state index contributed by atoms with van der Waals surface area (Å²) in [4.78, 5) is 36.2. The molecule has 1 rings (SSSR count). The standard InChI is InChI=1S/C20H20N2O5/c1-15(2)19(24)26-12-13-27-20(25)17(14-21)8-7-11-22(16(3)23)18-9-5-4-6-10-18/h4-11H,1,12-13H2,2-3H3. The number of benzene rings is 1. The fourth-order valence-corrected chi connectivity index (χ4v) is 1.81. The molecule has 0 atom stereocenters. The van der Waals surface area contributed by atoms with E-state index in [4.69, 9.17) is 14.7 Å². The smallest absolute Gasteiger partial charge is 0.349 e. The highest BCUT2D eigenvalue weighted by atomic mass is 16.6. The van der Waals surface area contributed by atoms with Crippen LogP contribution in [0.15, 0.2) is 66.4 Å². The van der Waals surface area contributed by atoms with Gasteiger partial charge >= 0.3 is 11.9 Å². The lowest BCUT2D eigenvalue weighted by molar-refractivity contribution is -0.147. The van der Waals surface area contributed by atoms with Crippen LogP contribution in [-0.2, 0) is 23.9 Å². The second-order valence-corrected chi connectivity index (χ2v) is 5.31. The molecule has 0 heterocycles. The molecule has 27 heavy (non-hydrogen) atoms. The summed E-state index contributed by atoms with van der Waals surface area (Å²) in [5, 5.41) is 9.07. The number of carbonyl (C=O) groups is 3. The molecule has 140 valence electrons. The van der Waals surface area contributed by atoms with Gasteiger partial charge in [0.25, 0.3) is 0 Å². The molecule has 0 aromatic heterocycles. The summed E-state index contributed by atoms with van der Waals surface area (Å²) in [6.07, 6.45) is 4.08. The summed E-state index contributed by atoms with van der Waals surface area (Å²) < 4.78 is 9.64. The Kier molecular flexibility index (Phi) is 8.75. The molecule has 7 nitrogen and oxygen atoms in total. The number of amides is 1. The molecule has 0 fully saturated rings. The maximum Gasteiger partial charge on any atom is 0.349 e. The van der Waals surface area contributed by atoms with Crippen molar-refractivity contribution in [3.8, 4) is 6.07 Å². The molecule has 0 bridgehead atoms. The second kappa shape index (κ2) is 11.1. The lowest BCUT2D eigenvalue weighted by Crippen LogP contribution is -2.21. The van der Waals surface area contributed by atoms with E-state index in [1.54, 1.807) is 30.3 Å². The zero-order valence-electron chi connectivity index (χ0n) is 15.2. The quantitative estimate of drug-likeness (QED) is 0.230. The molecule has 0 aliphatic rings. The minimum atomic E-state index is -0.859. The van der Waals surface area contributed by atoms with Crippen LogP contribution in [0.2, 0.25) is 0 Å². The first kappa shape index (κ1) is 21.4. The van der Waals surface area contributed by atoms with E-state index < -0.39 is 11.9 Å². The maximum absolute atomic E-state index is 11.8. The van der Waals surface area contributed by atoms with Gasteiger partial charge in [-0.2, -0.15) is 5.26 Å². The van der Waals surface area contributed by atoms with Crippen molar-refractivity contribution in [3.63, 3.8) is 0 Å². The van der Waals surface area contributed by atoms with Gasteiger partial charge in [0, 0.05) is 24.4 Å². The number of esters is 2. The Morgan fingerprint density at radius 1 is 1.11 bits per heavy atom. The lowest BCUT2D eigenvalue weighted by Gasteiger charge is -2.15. The number of para-hydroxylation sites is 1. The van der Waals surface area contributed by atoms with Crippen molar-refractivity contribution in [1.29, 1.82) is 5.26 Å². The molecular weight excluding hydrogens is 348 g/mol. The van der Waals surface area contributed by atoms with E-state index in [1.165, 1.54) is 37.1 Å². The van der Waals surface area contributed by atoms with Gasteiger partial charge in [-0.25, -0.2) is 9.59 Å². The van der Waals surface area contributed by atoms with Crippen molar-refractivity contribution >= 4 is 23.5 Å². The van der Waals surface area contributed by atoms with Gasteiger partial charge in [0.15, 0.2) is 0 Å². The zero-order chi connectivity index (χ0) is 20.2. The van der Waals surface area contributed by atoms with Crippen LogP contribution >= 0.6 is 0 Å². The van der Waals surface area contributed by atoms with Crippen LogP contribution in [0.3, 0.4) is 0 Å². The summed E-state index contributed by atoms with van der Waals surface area (Å²) in [5.41, 5.74) is 0.626. The molecule has 0 spiro atoms. The minimum Gasteiger partial charge on any atom is -0.459 e. The van der Waals surface area contributed by atoms with Gasteiger partial charge in [-0.1, -0.05) is 24.8 Å². The van der Waals surface area contributed by atoms with E-state index >= 15 is 0 Å². The van der Waals surface area contributed by atoms with Gasteiger partial charge in [0.2, 0.25) is 5.91 Å². The number of nitriles is 1. The van der Waals surface area contributed by atoms with E-state index in [1.807, 2.05) is 6.07 Å². The molecule has 0 aliphatic heterocycles. The summed E-state index contributed by atoms with van der Waals surface area (Å²) in [6, 6.07) is 10.6. The van der Waals surface area contributed by atoms with E-state index in [0.717, 1.165) is 0 Å². The number of allylic oxidation sites excluding steroid dienone is 2. The van der Waals surface area contributed by atoms with Crippen LogP contribution < -0.4 is 4.90 Å². The molecule has 7 heteroatoms. The van der Waals surface area contributed by atoms with Gasteiger partial charge in [-0.05, 0) is 31.2 Å². The predicted molar refractivity (Wildman–Crippen MR) is 99.2 cm³/mol. The van der Waals surface area contributed by atoms with Crippen molar-refractivity contribution in [3.05, 3.63) is 66.4 Å². The third-order valence-electron chi connectivity index (χ3n) is 3.11. The Morgan fingerprint density at radius 2 is 1.70 bits per heavy atom. The molecular formula is C20H20N2O5. The molecule has 0 saturated heterocycles. The fraction of sp³-hybridized carbons (Fsp3) is 0.200. The molecule has 0 saturated carbocycles. The fourth-order valence-electron chi connectivity index (χ4n) is 1.81. The van der Waals surface area contributed by atoms with Crippen LogP contribution in [0.25, 0.3) is 0 Å². The summed E-state index contributed by atoms with van der Waals surface area (Å²) in [5.74, 6) is -1.68. The van der Waals surface area contributed by atoms with Crippen LogP contribution in [0.1, 0.15) is 13.8 Å².